The van der Waals surface area contributed by atoms with Crippen LogP contribution >= 0.6 is 0 Å². The van der Waals surface area contributed by atoms with Gasteiger partial charge in [0.1, 0.15) is 0 Å². The van der Waals surface area contributed by atoms with Gasteiger partial charge in [-0.05, 0) is 32.4 Å². The van der Waals surface area contributed by atoms with Gasteiger partial charge in [-0.2, -0.15) is 5.10 Å². The van der Waals surface area contributed by atoms with Crippen LogP contribution in [-0.4, -0.2) is 27.8 Å². The third kappa shape index (κ3) is 3.67. The third-order valence-corrected chi connectivity index (χ3v) is 3.98. The van der Waals surface area contributed by atoms with Crippen LogP contribution in [0.1, 0.15) is 35.5 Å². The highest BCUT2D eigenvalue weighted by Gasteiger charge is 2.17. The van der Waals surface area contributed by atoms with Crippen molar-refractivity contribution < 1.29 is 4.79 Å². The summed E-state index contributed by atoms with van der Waals surface area (Å²) in [5.74, 6) is 0. The van der Waals surface area contributed by atoms with E-state index in [-0.39, 0.29) is 12.1 Å². The Bertz CT molecular complexity index is 645. The van der Waals surface area contributed by atoms with E-state index >= 15 is 0 Å². The topological polar surface area (TPSA) is 50.2 Å². The molecule has 0 spiro atoms. The monoisotopic (exact) mass is 300 g/mol. The molecule has 1 unspecified atom stereocenters. The number of aryl methyl sites for hydroxylation is 3. The molecule has 0 radical (unpaired) electrons. The average Bonchev–Trinajstić information content (AvgIpc) is 2.82. The summed E-state index contributed by atoms with van der Waals surface area (Å²) in [6, 6.07) is 10.2. The van der Waals surface area contributed by atoms with Crippen LogP contribution in [0.3, 0.4) is 0 Å². The number of amides is 2. The summed E-state index contributed by atoms with van der Waals surface area (Å²) < 4.78 is 1.79. The quantitative estimate of drug-likeness (QED) is 0.944. The lowest BCUT2D eigenvalue weighted by Gasteiger charge is -2.25. The second-order valence-corrected chi connectivity index (χ2v) is 5.76. The number of hydrogen-bond donors (Lipinski definition) is 1. The molecule has 0 saturated carbocycles. The molecule has 0 fully saturated rings. The molecular weight excluding hydrogens is 276 g/mol. The molecule has 2 rings (SSSR count). The average molecular weight is 300 g/mol. The molecule has 1 aromatic heterocycles. The smallest absolute Gasteiger partial charge is 0.317 e. The number of carbonyl (C=O) groups excluding carboxylic acids is 1. The van der Waals surface area contributed by atoms with Crippen molar-refractivity contribution in [2.24, 2.45) is 7.05 Å². The van der Waals surface area contributed by atoms with Crippen LogP contribution in [0.2, 0.25) is 0 Å². The Labute approximate surface area is 131 Å². The van der Waals surface area contributed by atoms with E-state index in [1.54, 1.807) is 9.58 Å². The largest absolute Gasteiger partial charge is 0.332 e. The maximum Gasteiger partial charge on any atom is 0.317 e. The van der Waals surface area contributed by atoms with Crippen molar-refractivity contribution in [3.05, 3.63) is 52.8 Å². The van der Waals surface area contributed by atoms with E-state index in [0.29, 0.717) is 6.54 Å². The predicted molar refractivity (Wildman–Crippen MR) is 87.5 cm³/mol. The zero-order valence-corrected chi connectivity index (χ0v) is 13.9. The fourth-order valence-corrected chi connectivity index (χ4v) is 2.37. The SMILES string of the molecule is Cc1ccc(C(C)N(C)C(=O)NCc2cc(C)nn2C)cc1. The van der Waals surface area contributed by atoms with Crippen molar-refractivity contribution in [3.63, 3.8) is 0 Å². The lowest BCUT2D eigenvalue weighted by molar-refractivity contribution is 0.193. The Kier molecular flexibility index (Phi) is 4.85. The molecular formula is C17H24N4O. The van der Waals surface area contributed by atoms with Crippen LogP contribution in [0.25, 0.3) is 0 Å². The number of aromatic nitrogens is 2. The van der Waals surface area contributed by atoms with E-state index in [1.165, 1.54) is 5.56 Å². The van der Waals surface area contributed by atoms with Gasteiger partial charge in [0, 0.05) is 14.1 Å². The van der Waals surface area contributed by atoms with E-state index in [2.05, 4.69) is 41.6 Å². The highest BCUT2D eigenvalue weighted by molar-refractivity contribution is 5.74. The minimum Gasteiger partial charge on any atom is -0.332 e. The van der Waals surface area contributed by atoms with Crippen molar-refractivity contribution in [2.45, 2.75) is 33.4 Å². The zero-order valence-electron chi connectivity index (χ0n) is 13.9. The standard InChI is InChI=1S/C17H24N4O/c1-12-6-8-15(9-7-12)14(3)20(4)17(22)18-11-16-10-13(2)19-21(16)5/h6-10,14H,11H2,1-5H3,(H,18,22). The highest BCUT2D eigenvalue weighted by atomic mass is 16.2. The van der Waals surface area contributed by atoms with Gasteiger partial charge < -0.3 is 10.2 Å². The first kappa shape index (κ1) is 16.1. The summed E-state index contributed by atoms with van der Waals surface area (Å²) in [5.41, 5.74) is 4.28. The van der Waals surface area contributed by atoms with Gasteiger partial charge >= 0.3 is 6.03 Å². The Morgan fingerprint density at radius 1 is 1.32 bits per heavy atom. The molecule has 1 aromatic carbocycles. The summed E-state index contributed by atoms with van der Waals surface area (Å²) in [7, 11) is 3.70. The number of urea groups is 1. The molecule has 0 aliphatic carbocycles. The van der Waals surface area contributed by atoms with E-state index < -0.39 is 0 Å². The van der Waals surface area contributed by atoms with Gasteiger partial charge in [-0.3, -0.25) is 4.68 Å². The van der Waals surface area contributed by atoms with Gasteiger partial charge in [-0.15, -0.1) is 0 Å². The molecule has 1 N–H and O–H groups in total. The predicted octanol–water partition coefficient (Wildman–Crippen LogP) is 2.94. The van der Waals surface area contributed by atoms with E-state index in [9.17, 15) is 4.79 Å². The molecule has 5 nitrogen and oxygen atoms in total. The lowest BCUT2D eigenvalue weighted by atomic mass is 10.1. The number of hydrogen-bond acceptors (Lipinski definition) is 2. The number of carbonyl (C=O) groups is 1. The lowest BCUT2D eigenvalue weighted by Crippen LogP contribution is -2.38. The minimum absolute atomic E-state index is 0.0221. The normalized spacial score (nSPS) is 12.0. The summed E-state index contributed by atoms with van der Waals surface area (Å²) in [5, 5.41) is 7.22. The van der Waals surface area contributed by atoms with Gasteiger partial charge in [0.15, 0.2) is 0 Å². The third-order valence-electron chi connectivity index (χ3n) is 3.98. The van der Waals surface area contributed by atoms with Crippen molar-refractivity contribution in [1.29, 1.82) is 0 Å². The van der Waals surface area contributed by atoms with E-state index in [0.717, 1.165) is 17.0 Å². The number of nitrogens with zero attached hydrogens (tertiary/aromatic N) is 3. The first-order valence-electron chi connectivity index (χ1n) is 7.45. The number of benzene rings is 1. The van der Waals surface area contributed by atoms with E-state index in [4.69, 9.17) is 0 Å². The van der Waals surface area contributed by atoms with Crippen LogP contribution < -0.4 is 5.32 Å². The first-order chi connectivity index (χ1) is 10.4. The Balaban J connectivity index is 1.96. The van der Waals surface area contributed by atoms with Crippen LogP contribution in [0.4, 0.5) is 4.79 Å². The molecule has 0 saturated heterocycles. The second-order valence-electron chi connectivity index (χ2n) is 5.76. The molecule has 1 heterocycles. The van der Waals surface area contributed by atoms with Crippen molar-refractivity contribution in [1.82, 2.24) is 20.0 Å². The Morgan fingerprint density at radius 3 is 2.50 bits per heavy atom. The van der Waals surface area contributed by atoms with Gasteiger partial charge in [0.25, 0.3) is 0 Å². The van der Waals surface area contributed by atoms with Gasteiger partial charge in [0.2, 0.25) is 0 Å². The Morgan fingerprint density at radius 2 is 1.95 bits per heavy atom. The molecule has 2 amide bonds. The number of nitrogens with one attached hydrogen (secondary N) is 1. The summed E-state index contributed by atoms with van der Waals surface area (Å²) in [6.45, 7) is 6.50. The van der Waals surface area contributed by atoms with Crippen molar-refractivity contribution in [2.75, 3.05) is 7.05 Å². The molecule has 22 heavy (non-hydrogen) atoms. The number of rotatable bonds is 4. The molecule has 2 aromatic rings. The fourth-order valence-electron chi connectivity index (χ4n) is 2.37. The summed E-state index contributed by atoms with van der Waals surface area (Å²) in [4.78, 5) is 14.0. The molecule has 0 aliphatic heterocycles. The Hall–Kier alpha value is -2.30. The molecule has 0 aliphatic rings. The second kappa shape index (κ2) is 6.64. The zero-order chi connectivity index (χ0) is 16.3. The van der Waals surface area contributed by atoms with Gasteiger partial charge in [-0.1, -0.05) is 29.8 Å². The van der Waals surface area contributed by atoms with Gasteiger partial charge in [0.05, 0.1) is 24.0 Å². The van der Waals surface area contributed by atoms with Crippen LogP contribution in [-0.2, 0) is 13.6 Å². The first-order valence-corrected chi connectivity index (χ1v) is 7.45. The molecule has 0 bridgehead atoms. The maximum atomic E-state index is 12.3. The van der Waals surface area contributed by atoms with Crippen LogP contribution in [0.15, 0.2) is 30.3 Å². The van der Waals surface area contributed by atoms with Gasteiger partial charge in [-0.25, -0.2) is 4.79 Å². The van der Waals surface area contributed by atoms with Crippen molar-refractivity contribution in [3.8, 4) is 0 Å². The van der Waals surface area contributed by atoms with Crippen molar-refractivity contribution >= 4 is 6.03 Å². The summed E-state index contributed by atoms with van der Waals surface area (Å²) >= 11 is 0. The minimum atomic E-state index is -0.0908. The fraction of sp³-hybridized carbons (Fsp3) is 0.412. The molecule has 5 heteroatoms. The summed E-state index contributed by atoms with van der Waals surface area (Å²) in [6.07, 6.45) is 0. The van der Waals surface area contributed by atoms with E-state index in [1.807, 2.05) is 34.0 Å². The molecule has 1 atom stereocenters. The molecule has 118 valence electrons. The maximum absolute atomic E-state index is 12.3. The van der Waals surface area contributed by atoms with Crippen LogP contribution in [0.5, 0.6) is 0 Å². The highest BCUT2D eigenvalue weighted by Crippen LogP contribution is 2.19. The van der Waals surface area contributed by atoms with Crippen LogP contribution in [0, 0.1) is 13.8 Å².